The van der Waals surface area contributed by atoms with Crippen molar-refractivity contribution in [3.8, 4) is 11.5 Å². The first-order chi connectivity index (χ1) is 11.3. The lowest BCUT2D eigenvalue weighted by atomic mass is 10.1. The van der Waals surface area contributed by atoms with E-state index in [9.17, 15) is 9.59 Å². The second-order valence-electron chi connectivity index (χ2n) is 5.40. The van der Waals surface area contributed by atoms with E-state index < -0.39 is 11.2 Å². The summed E-state index contributed by atoms with van der Waals surface area (Å²) in [6.07, 6.45) is 0. The fourth-order valence-electron chi connectivity index (χ4n) is 2.54. The van der Waals surface area contributed by atoms with Crippen LogP contribution in [0.1, 0.15) is 12.6 Å². The highest BCUT2D eigenvalue weighted by Crippen LogP contribution is 2.33. The van der Waals surface area contributed by atoms with Crippen LogP contribution in [0.25, 0.3) is 5.57 Å². The van der Waals surface area contributed by atoms with Gasteiger partial charge in [-0.15, -0.1) is 0 Å². The average Bonchev–Trinajstić information content (AvgIpc) is 2.54. The van der Waals surface area contributed by atoms with E-state index in [0.717, 1.165) is 4.57 Å². The first-order valence-electron chi connectivity index (χ1n) is 7.07. The van der Waals surface area contributed by atoms with E-state index in [1.165, 1.54) is 11.6 Å². The maximum Gasteiger partial charge on any atom is 0.331 e. The Hall–Kier alpha value is -2.18. The maximum atomic E-state index is 12.2. The van der Waals surface area contributed by atoms with Crippen LogP contribution in [-0.2, 0) is 14.1 Å². The molecule has 0 saturated heterocycles. The molecule has 1 aliphatic rings. The van der Waals surface area contributed by atoms with Crippen LogP contribution in [0.5, 0.6) is 11.5 Å². The largest absolute Gasteiger partial charge is 0.478 e. The van der Waals surface area contributed by atoms with Crippen molar-refractivity contribution in [2.75, 3.05) is 6.61 Å². The number of benzene rings is 1. The summed E-state index contributed by atoms with van der Waals surface area (Å²) in [5.74, 6) is 1.01. The average molecular weight is 369 g/mol. The van der Waals surface area contributed by atoms with Gasteiger partial charge in [-0.25, -0.2) is 4.79 Å². The molecule has 0 bridgehead atoms. The van der Waals surface area contributed by atoms with E-state index in [0.29, 0.717) is 32.8 Å². The maximum absolute atomic E-state index is 12.2. The molecule has 0 saturated carbocycles. The van der Waals surface area contributed by atoms with Gasteiger partial charge in [-0.2, -0.15) is 0 Å². The molecule has 1 aromatic heterocycles. The van der Waals surface area contributed by atoms with E-state index in [-0.39, 0.29) is 12.4 Å². The molecule has 0 unspecified atom stereocenters. The molecule has 2 heterocycles. The lowest BCUT2D eigenvalue weighted by Gasteiger charge is -2.24. The van der Waals surface area contributed by atoms with Gasteiger partial charge in [-0.1, -0.05) is 23.2 Å². The molecule has 126 valence electrons. The van der Waals surface area contributed by atoms with Crippen LogP contribution in [0.3, 0.4) is 0 Å². The van der Waals surface area contributed by atoms with E-state index in [2.05, 4.69) is 0 Å². The van der Waals surface area contributed by atoms with Crippen LogP contribution >= 0.6 is 23.2 Å². The molecule has 6 nitrogen and oxygen atoms in total. The van der Waals surface area contributed by atoms with Gasteiger partial charge >= 0.3 is 5.69 Å². The molecule has 0 spiro atoms. The van der Waals surface area contributed by atoms with Crippen LogP contribution in [0.4, 0.5) is 0 Å². The predicted molar refractivity (Wildman–Crippen MR) is 92.1 cm³/mol. The zero-order valence-electron chi connectivity index (χ0n) is 13.2. The third-order valence-corrected chi connectivity index (χ3v) is 4.40. The van der Waals surface area contributed by atoms with Crippen LogP contribution in [0.15, 0.2) is 33.5 Å². The molecule has 1 aliphatic heterocycles. The topological polar surface area (TPSA) is 62.5 Å². The molecule has 0 amide bonds. The van der Waals surface area contributed by atoms with Crippen LogP contribution in [0.2, 0.25) is 10.0 Å². The summed E-state index contributed by atoms with van der Waals surface area (Å²) >= 11 is 12.0. The summed E-state index contributed by atoms with van der Waals surface area (Å²) in [6.45, 7) is 1.82. The van der Waals surface area contributed by atoms with Gasteiger partial charge in [0.15, 0.2) is 0 Å². The fraction of sp³-hybridized carbons (Fsp3) is 0.250. The molecule has 0 radical (unpaired) electrons. The standard InChI is InChI=1S/C16H14Cl2N2O4/c1-8-12(24-11-5-4-9(17)6-10(11)18)7-23-14-13(8)19(2)16(22)20(3)15(14)21/h4-6H,7H2,1-3H3. The number of nitrogens with zero attached hydrogens (tertiary/aromatic N) is 2. The van der Waals surface area contributed by atoms with Gasteiger partial charge in [0.1, 0.15) is 18.1 Å². The molecule has 8 heteroatoms. The van der Waals surface area contributed by atoms with Gasteiger partial charge in [0.25, 0.3) is 5.56 Å². The highest BCUT2D eigenvalue weighted by Gasteiger charge is 2.26. The van der Waals surface area contributed by atoms with Crippen LogP contribution in [-0.4, -0.2) is 15.7 Å². The smallest absolute Gasteiger partial charge is 0.331 e. The number of allylic oxidation sites excluding steroid dienone is 1. The summed E-state index contributed by atoms with van der Waals surface area (Å²) in [7, 11) is 2.98. The Morgan fingerprint density at radius 1 is 1.17 bits per heavy atom. The van der Waals surface area contributed by atoms with Gasteiger partial charge in [0.2, 0.25) is 5.75 Å². The minimum atomic E-state index is -0.476. The molecule has 0 N–H and O–H groups in total. The van der Waals surface area contributed by atoms with Gasteiger partial charge in [0.05, 0.1) is 10.7 Å². The number of ether oxygens (including phenoxy) is 2. The highest BCUT2D eigenvalue weighted by molar-refractivity contribution is 6.35. The second-order valence-corrected chi connectivity index (χ2v) is 6.24. The molecule has 0 aliphatic carbocycles. The summed E-state index contributed by atoms with van der Waals surface area (Å²) < 4.78 is 13.7. The summed E-state index contributed by atoms with van der Waals surface area (Å²) in [4.78, 5) is 24.3. The quantitative estimate of drug-likeness (QED) is 0.817. The Labute approximate surface area is 147 Å². The third kappa shape index (κ3) is 2.61. The minimum Gasteiger partial charge on any atom is -0.478 e. The van der Waals surface area contributed by atoms with Crippen molar-refractivity contribution in [1.29, 1.82) is 0 Å². The van der Waals surface area contributed by atoms with Crippen molar-refractivity contribution in [2.24, 2.45) is 14.1 Å². The fourth-order valence-corrected chi connectivity index (χ4v) is 2.99. The first-order valence-corrected chi connectivity index (χ1v) is 7.82. The van der Waals surface area contributed by atoms with Crippen molar-refractivity contribution in [3.63, 3.8) is 0 Å². The number of fused-ring (bicyclic) bond motifs is 1. The Balaban J connectivity index is 2.13. The number of hydrogen-bond donors (Lipinski definition) is 0. The van der Waals surface area contributed by atoms with Crippen LogP contribution < -0.4 is 20.7 Å². The predicted octanol–water partition coefficient (Wildman–Crippen LogP) is 2.59. The van der Waals surface area contributed by atoms with Crippen molar-refractivity contribution < 1.29 is 9.47 Å². The van der Waals surface area contributed by atoms with Crippen molar-refractivity contribution in [2.45, 2.75) is 6.92 Å². The van der Waals surface area contributed by atoms with E-state index in [1.807, 2.05) is 0 Å². The van der Waals surface area contributed by atoms with Crippen molar-refractivity contribution in [3.05, 3.63) is 60.5 Å². The Morgan fingerprint density at radius 2 is 1.88 bits per heavy atom. The van der Waals surface area contributed by atoms with E-state index in [4.69, 9.17) is 32.7 Å². The number of hydrogen-bond acceptors (Lipinski definition) is 4. The SMILES string of the molecule is CC1=C(Oc2ccc(Cl)cc2Cl)COc2c1n(C)c(=O)n(C)c2=O. The summed E-state index contributed by atoms with van der Waals surface area (Å²) in [5.41, 5.74) is 0.123. The number of rotatable bonds is 2. The van der Waals surface area contributed by atoms with Crippen molar-refractivity contribution in [1.82, 2.24) is 9.13 Å². The molecule has 2 aromatic rings. The summed E-state index contributed by atoms with van der Waals surface area (Å²) in [5, 5.41) is 0.848. The molecular weight excluding hydrogens is 355 g/mol. The van der Waals surface area contributed by atoms with Crippen LogP contribution in [0, 0.1) is 0 Å². The third-order valence-electron chi connectivity index (χ3n) is 3.87. The van der Waals surface area contributed by atoms with E-state index >= 15 is 0 Å². The minimum absolute atomic E-state index is 0.0607. The van der Waals surface area contributed by atoms with Gasteiger partial charge < -0.3 is 9.47 Å². The molecule has 1 aromatic carbocycles. The normalized spacial score (nSPS) is 13.5. The summed E-state index contributed by atoms with van der Waals surface area (Å²) in [6, 6.07) is 4.86. The highest BCUT2D eigenvalue weighted by atomic mass is 35.5. The Bertz CT molecular complexity index is 989. The lowest BCUT2D eigenvalue weighted by Crippen LogP contribution is -2.40. The molecule has 0 fully saturated rings. The Morgan fingerprint density at radius 3 is 2.54 bits per heavy atom. The monoisotopic (exact) mass is 368 g/mol. The van der Waals surface area contributed by atoms with Gasteiger partial charge in [-0.05, 0) is 25.1 Å². The van der Waals surface area contributed by atoms with Gasteiger partial charge in [0, 0.05) is 24.7 Å². The Kier molecular flexibility index (Phi) is 4.19. The zero-order valence-corrected chi connectivity index (χ0v) is 14.7. The number of aromatic nitrogens is 2. The van der Waals surface area contributed by atoms with Crippen molar-refractivity contribution >= 4 is 28.8 Å². The van der Waals surface area contributed by atoms with E-state index in [1.54, 1.807) is 32.2 Å². The molecule has 24 heavy (non-hydrogen) atoms. The molecule has 0 atom stereocenters. The number of halogens is 2. The molecular formula is C16H14Cl2N2O4. The molecule has 3 rings (SSSR count). The second kappa shape index (κ2) is 6.03. The first kappa shape index (κ1) is 16.7. The zero-order chi connectivity index (χ0) is 17.6. The van der Waals surface area contributed by atoms with Gasteiger partial charge in [-0.3, -0.25) is 13.9 Å². The lowest BCUT2D eigenvalue weighted by molar-refractivity contribution is 0.265.